The average molecular weight is 446 g/mol. The van der Waals surface area contributed by atoms with Gasteiger partial charge in [-0.2, -0.15) is 5.10 Å². The fourth-order valence-electron chi connectivity index (χ4n) is 2.27. The van der Waals surface area contributed by atoms with E-state index in [2.05, 4.69) is 32.5 Å². The topological polar surface area (TPSA) is 70.6 Å². The van der Waals surface area contributed by atoms with Gasteiger partial charge in [0, 0.05) is 26.3 Å². The van der Waals surface area contributed by atoms with E-state index in [0.29, 0.717) is 13.1 Å². The van der Waals surface area contributed by atoms with Gasteiger partial charge in [0.2, 0.25) is 0 Å². The van der Waals surface area contributed by atoms with Crippen molar-refractivity contribution in [2.24, 2.45) is 12.0 Å². The number of aliphatic imine (C=N–C) groups is 1. The van der Waals surface area contributed by atoms with Crippen LogP contribution in [0.2, 0.25) is 0 Å². The maximum atomic E-state index is 5.53. The molecule has 24 heavy (non-hydrogen) atoms. The molecule has 2 N–H and O–H groups in total. The molecular weight excluding hydrogens is 419 g/mol. The Morgan fingerprint density at radius 3 is 2.71 bits per heavy atom. The molecule has 0 aliphatic heterocycles. The minimum absolute atomic E-state index is 0. The molecule has 8 heteroatoms. The number of halogens is 1. The Hall–Kier alpha value is -1.55. The number of rotatable bonds is 7. The predicted octanol–water partition coefficient (Wildman–Crippen LogP) is 1.99. The molecule has 1 unspecified atom stereocenters. The summed E-state index contributed by atoms with van der Waals surface area (Å²) in [6.45, 7) is 4.15. The number of nitrogens with one attached hydrogen (secondary N) is 2. The highest BCUT2D eigenvalue weighted by molar-refractivity contribution is 14.0. The van der Waals surface area contributed by atoms with Crippen molar-refractivity contribution in [3.63, 3.8) is 0 Å². The molecular formula is C16H27IN6O. The Morgan fingerprint density at radius 2 is 2.17 bits per heavy atom. The van der Waals surface area contributed by atoms with Crippen molar-refractivity contribution < 1.29 is 4.42 Å². The molecule has 134 valence electrons. The fourth-order valence-corrected chi connectivity index (χ4v) is 2.27. The summed E-state index contributed by atoms with van der Waals surface area (Å²) in [6, 6.07) is 6.02. The van der Waals surface area contributed by atoms with Crippen molar-refractivity contribution in [3.05, 3.63) is 42.1 Å². The van der Waals surface area contributed by atoms with Crippen LogP contribution in [0.25, 0.3) is 0 Å². The highest BCUT2D eigenvalue weighted by Crippen LogP contribution is 2.17. The first kappa shape index (κ1) is 20.5. The SMILES string of the molecule is CCNC(=NCc1ccnn1C)NCC(c1ccco1)N(C)C.I. The number of aromatic nitrogens is 2. The van der Waals surface area contributed by atoms with Gasteiger partial charge >= 0.3 is 0 Å². The minimum Gasteiger partial charge on any atom is -0.468 e. The molecule has 2 heterocycles. The first-order valence-corrected chi connectivity index (χ1v) is 7.80. The molecule has 0 fully saturated rings. The molecule has 0 bridgehead atoms. The molecule has 0 spiro atoms. The molecule has 0 aromatic carbocycles. The van der Waals surface area contributed by atoms with Crippen LogP contribution < -0.4 is 10.6 Å². The van der Waals surface area contributed by atoms with Crippen LogP contribution in [0.5, 0.6) is 0 Å². The molecule has 0 saturated heterocycles. The van der Waals surface area contributed by atoms with Crippen LogP contribution in [0.1, 0.15) is 24.4 Å². The molecule has 0 aliphatic rings. The van der Waals surface area contributed by atoms with Crippen LogP contribution in [0.4, 0.5) is 0 Å². The lowest BCUT2D eigenvalue weighted by Gasteiger charge is -2.23. The van der Waals surface area contributed by atoms with Gasteiger partial charge < -0.3 is 15.1 Å². The van der Waals surface area contributed by atoms with Gasteiger partial charge in [-0.05, 0) is 39.2 Å². The lowest BCUT2D eigenvalue weighted by atomic mass is 10.2. The fraction of sp³-hybridized carbons (Fsp3) is 0.500. The van der Waals surface area contributed by atoms with Gasteiger partial charge in [0.1, 0.15) is 5.76 Å². The first-order valence-electron chi connectivity index (χ1n) is 7.80. The second kappa shape index (κ2) is 10.3. The number of likely N-dealkylation sites (N-methyl/N-ethyl adjacent to an activating group) is 1. The van der Waals surface area contributed by atoms with Gasteiger partial charge in [-0.15, -0.1) is 24.0 Å². The van der Waals surface area contributed by atoms with Gasteiger partial charge in [-0.25, -0.2) is 4.99 Å². The third kappa shape index (κ3) is 5.82. The Morgan fingerprint density at radius 1 is 1.38 bits per heavy atom. The molecule has 0 saturated carbocycles. The Balaban J connectivity index is 0.00000288. The van der Waals surface area contributed by atoms with Crippen molar-refractivity contribution in [2.75, 3.05) is 27.2 Å². The van der Waals surface area contributed by atoms with Crippen LogP contribution in [0, 0.1) is 0 Å². The van der Waals surface area contributed by atoms with Crippen molar-refractivity contribution in [1.82, 2.24) is 25.3 Å². The largest absolute Gasteiger partial charge is 0.468 e. The summed E-state index contributed by atoms with van der Waals surface area (Å²) in [7, 11) is 5.99. The summed E-state index contributed by atoms with van der Waals surface area (Å²) in [5.41, 5.74) is 1.07. The maximum absolute atomic E-state index is 5.53. The summed E-state index contributed by atoms with van der Waals surface area (Å²) in [6.07, 6.45) is 3.48. The van der Waals surface area contributed by atoms with Crippen molar-refractivity contribution in [2.45, 2.75) is 19.5 Å². The van der Waals surface area contributed by atoms with E-state index >= 15 is 0 Å². The van der Waals surface area contributed by atoms with Gasteiger partial charge in [-0.3, -0.25) is 9.58 Å². The molecule has 2 rings (SSSR count). The maximum Gasteiger partial charge on any atom is 0.191 e. The van der Waals surface area contributed by atoms with E-state index in [1.54, 1.807) is 12.5 Å². The van der Waals surface area contributed by atoms with Crippen molar-refractivity contribution >= 4 is 29.9 Å². The molecule has 2 aromatic heterocycles. The number of aryl methyl sites for hydroxylation is 1. The molecule has 7 nitrogen and oxygen atoms in total. The Kier molecular flexibility index (Phi) is 8.83. The van der Waals surface area contributed by atoms with E-state index in [-0.39, 0.29) is 30.0 Å². The molecule has 2 aromatic rings. The Bertz CT molecular complexity index is 608. The first-order chi connectivity index (χ1) is 11.1. The normalized spacial score (nSPS) is 12.8. The van der Waals surface area contributed by atoms with E-state index in [0.717, 1.165) is 24.0 Å². The zero-order valence-electron chi connectivity index (χ0n) is 14.7. The lowest BCUT2D eigenvalue weighted by Crippen LogP contribution is -2.41. The average Bonchev–Trinajstić information content (AvgIpc) is 3.16. The van der Waals surface area contributed by atoms with E-state index in [1.807, 2.05) is 44.0 Å². The monoisotopic (exact) mass is 446 g/mol. The highest BCUT2D eigenvalue weighted by Gasteiger charge is 2.17. The van der Waals surface area contributed by atoms with Crippen LogP contribution in [-0.4, -0.2) is 47.8 Å². The minimum atomic E-state index is 0. The number of furan rings is 1. The van der Waals surface area contributed by atoms with Gasteiger partial charge in [0.15, 0.2) is 5.96 Å². The van der Waals surface area contributed by atoms with E-state index in [1.165, 1.54) is 0 Å². The van der Waals surface area contributed by atoms with E-state index < -0.39 is 0 Å². The molecule has 0 amide bonds. The number of hydrogen-bond acceptors (Lipinski definition) is 4. The molecule has 1 atom stereocenters. The zero-order chi connectivity index (χ0) is 16.7. The second-order valence-electron chi connectivity index (χ2n) is 5.52. The van der Waals surface area contributed by atoms with Crippen LogP contribution >= 0.6 is 24.0 Å². The standard InChI is InChI=1S/C16H26N6O.HI/c1-5-17-16(18-11-13-8-9-20-22(13)4)19-12-14(21(2)3)15-7-6-10-23-15;/h6-10,14H,5,11-12H2,1-4H3,(H2,17,18,19);1H. The number of hydrogen-bond donors (Lipinski definition) is 2. The number of guanidine groups is 1. The van der Waals surface area contributed by atoms with Gasteiger partial charge in [0.05, 0.1) is 24.5 Å². The van der Waals surface area contributed by atoms with Crippen LogP contribution in [0.3, 0.4) is 0 Å². The summed E-state index contributed by atoms with van der Waals surface area (Å²) >= 11 is 0. The second-order valence-corrected chi connectivity index (χ2v) is 5.52. The van der Waals surface area contributed by atoms with Crippen molar-refractivity contribution in [1.29, 1.82) is 0 Å². The lowest BCUT2D eigenvalue weighted by molar-refractivity contribution is 0.258. The third-order valence-corrected chi connectivity index (χ3v) is 3.62. The highest BCUT2D eigenvalue weighted by atomic mass is 127. The Labute approximate surface area is 160 Å². The zero-order valence-corrected chi connectivity index (χ0v) is 17.0. The predicted molar refractivity (Wildman–Crippen MR) is 107 cm³/mol. The summed E-state index contributed by atoms with van der Waals surface area (Å²) in [5.74, 6) is 1.72. The van der Waals surface area contributed by atoms with E-state index in [4.69, 9.17) is 4.42 Å². The third-order valence-electron chi connectivity index (χ3n) is 3.62. The van der Waals surface area contributed by atoms with E-state index in [9.17, 15) is 0 Å². The van der Waals surface area contributed by atoms with Gasteiger partial charge in [0.25, 0.3) is 0 Å². The molecule has 0 aliphatic carbocycles. The number of nitrogens with zero attached hydrogens (tertiary/aromatic N) is 4. The van der Waals surface area contributed by atoms with Crippen LogP contribution in [-0.2, 0) is 13.6 Å². The quantitative estimate of drug-likeness (QED) is 0.387. The van der Waals surface area contributed by atoms with Crippen LogP contribution in [0.15, 0.2) is 40.1 Å². The van der Waals surface area contributed by atoms with Crippen molar-refractivity contribution in [3.8, 4) is 0 Å². The summed E-state index contributed by atoms with van der Waals surface area (Å²) < 4.78 is 7.36. The van der Waals surface area contributed by atoms with Gasteiger partial charge in [-0.1, -0.05) is 0 Å². The summed E-state index contributed by atoms with van der Waals surface area (Å²) in [5, 5.41) is 10.8. The molecule has 0 radical (unpaired) electrons. The smallest absolute Gasteiger partial charge is 0.191 e. The summed E-state index contributed by atoms with van der Waals surface area (Å²) in [4.78, 5) is 6.74.